The summed E-state index contributed by atoms with van der Waals surface area (Å²) in [5, 5.41) is 2.88. The van der Waals surface area contributed by atoms with Crippen molar-refractivity contribution in [2.75, 3.05) is 5.32 Å². The Morgan fingerprint density at radius 2 is 1.25 bits per heavy atom. The van der Waals surface area contributed by atoms with Crippen molar-refractivity contribution in [1.29, 1.82) is 0 Å². The Labute approximate surface area is 190 Å². The lowest BCUT2D eigenvalue weighted by Gasteiger charge is -2.12. The second-order valence-electron chi connectivity index (χ2n) is 8.23. The predicted molar refractivity (Wildman–Crippen MR) is 131 cm³/mol. The molecule has 1 amide bonds. The first-order valence-corrected chi connectivity index (χ1v) is 10.6. The summed E-state index contributed by atoms with van der Waals surface area (Å²) in [5.41, 5.74) is 7.43. The first-order chi connectivity index (χ1) is 15.1. The first-order valence-electron chi connectivity index (χ1n) is 10.6. The molecule has 0 bridgehead atoms. The highest BCUT2D eigenvalue weighted by atomic mass is 16.1. The fourth-order valence-corrected chi connectivity index (χ4v) is 3.51. The lowest BCUT2D eigenvalue weighted by molar-refractivity contribution is -0.116. The molecule has 0 aromatic heterocycles. The minimum atomic E-state index is -0.124. The zero-order valence-electron chi connectivity index (χ0n) is 19.7. The van der Waals surface area contributed by atoms with Gasteiger partial charge in [-0.2, -0.15) is 0 Å². The van der Waals surface area contributed by atoms with E-state index in [4.69, 9.17) is 0 Å². The number of ketones is 2. The van der Waals surface area contributed by atoms with Gasteiger partial charge in [0.25, 0.3) is 5.91 Å². The number of nitrogens with one attached hydrogen (secondary N) is 1. The second-order valence-corrected chi connectivity index (χ2v) is 8.23. The minimum absolute atomic E-state index is 0.0121. The Balaban J connectivity index is 0.000000278. The van der Waals surface area contributed by atoms with Gasteiger partial charge in [-0.25, -0.2) is 0 Å². The third kappa shape index (κ3) is 7.31. The van der Waals surface area contributed by atoms with Crippen LogP contribution in [0.4, 0.5) is 5.69 Å². The highest BCUT2D eigenvalue weighted by Gasteiger charge is 2.13. The average molecular weight is 430 g/mol. The van der Waals surface area contributed by atoms with Gasteiger partial charge >= 0.3 is 0 Å². The highest BCUT2D eigenvalue weighted by Crippen LogP contribution is 2.19. The summed E-state index contributed by atoms with van der Waals surface area (Å²) in [6, 6.07) is 19.0. The quantitative estimate of drug-likeness (QED) is 0.492. The van der Waals surface area contributed by atoms with Crippen LogP contribution < -0.4 is 5.32 Å². The summed E-state index contributed by atoms with van der Waals surface area (Å²) >= 11 is 0. The normalized spacial score (nSPS) is 10.1. The maximum Gasteiger partial charge on any atom is 0.256 e. The molecule has 0 heterocycles. The van der Waals surface area contributed by atoms with Crippen LogP contribution >= 0.6 is 0 Å². The van der Waals surface area contributed by atoms with Crippen LogP contribution in [0.5, 0.6) is 0 Å². The van der Waals surface area contributed by atoms with E-state index >= 15 is 0 Å². The largest absolute Gasteiger partial charge is 0.322 e. The van der Waals surface area contributed by atoms with Crippen molar-refractivity contribution in [3.63, 3.8) is 0 Å². The van der Waals surface area contributed by atoms with Gasteiger partial charge in [0.1, 0.15) is 5.78 Å². The molecule has 0 spiro atoms. The van der Waals surface area contributed by atoms with E-state index in [1.807, 2.05) is 64.1 Å². The van der Waals surface area contributed by atoms with Crippen LogP contribution in [-0.4, -0.2) is 17.5 Å². The predicted octanol–water partition coefficient (Wildman–Crippen LogP) is 6.19. The van der Waals surface area contributed by atoms with Gasteiger partial charge in [-0.05, 0) is 82.5 Å². The zero-order chi connectivity index (χ0) is 23.8. The van der Waals surface area contributed by atoms with Crippen molar-refractivity contribution in [2.24, 2.45) is 0 Å². The molecule has 4 nitrogen and oxygen atoms in total. The van der Waals surface area contributed by atoms with Gasteiger partial charge in [0, 0.05) is 23.2 Å². The van der Waals surface area contributed by atoms with Gasteiger partial charge in [-0.3, -0.25) is 14.4 Å². The Hall–Kier alpha value is -3.53. The Morgan fingerprint density at radius 3 is 1.72 bits per heavy atom. The molecule has 1 N–H and O–H groups in total. The Morgan fingerprint density at radius 1 is 0.719 bits per heavy atom. The third-order valence-corrected chi connectivity index (χ3v) is 5.03. The van der Waals surface area contributed by atoms with Gasteiger partial charge in [-0.15, -0.1) is 0 Å². The molecule has 32 heavy (non-hydrogen) atoms. The van der Waals surface area contributed by atoms with E-state index in [0.717, 1.165) is 22.3 Å². The number of hydrogen-bond donors (Lipinski definition) is 1. The molecule has 166 valence electrons. The first kappa shape index (κ1) is 24.7. The summed E-state index contributed by atoms with van der Waals surface area (Å²) in [6.07, 6.45) is 0.556. The summed E-state index contributed by atoms with van der Waals surface area (Å²) in [5.74, 6) is 0.104. The number of rotatable bonds is 5. The van der Waals surface area contributed by atoms with E-state index in [2.05, 4.69) is 5.32 Å². The van der Waals surface area contributed by atoms with Crippen LogP contribution in [0.3, 0.4) is 0 Å². The fourth-order valence-electron chi connectivity index (χ4n) is 3.51. The maximum absolute atomic E-state index is 12.4. The molecular weight excluding hydrogens is 398 g/mol. The maximum atomic E-state index is 12.4. The molecule has 0 aliphatic carbocycles. The molecule has 0 fully saturated rings. The summed E-state index contributed by atoms with van der Waals surface area (Å²) in [7, 11) is 0. The van der Waals surface area contributed by atoms with Gasteiger partial charge < -0.3 is 5.32 Å². The van der Waals surface area contributed by atoms with Crippen LogP contribution in [-0.2, 0) is 11.2 Å². The number of carbonyl (C=O) groups is 3. The van der Waals surface area contributed by atoms with Crippen LogP contribution in [0.1, 0.15) is 62.4 Å². The van der Waals surface area contributed by atoms with Crippen molar-refractivity contribution in [3.8, 4) is 0 Å². The smallest absolute Gasteiger partial charge is 0.256 e. The van der Waals surface area contributed by atoms with Crippen LogP contribution in [0.15, 0.2) is 60.7 Å². The standard InChI is InChI=1S/C18H19NO2.C10H12O/c1-11-9-12(2)17(13(3)10-11)18(21)19-16-7-5-15(6-8-16)14(4)20;1-8-3-5-10(6-4-8)7-9(2)11/h5-10H,1-4H3,(H,19,21);3-6H,7H2,1-2H3. The van der Waals surface area contributed by atoms with E-state index in [-0.39, 0.29) is 17.5 Å². The van der Waals surface area contributed by atoms with Crippen molar-refractivity contribution in [1.82, 2.24) is 0 Å². The summed E-state index contributed by atoms with van der Waals surface area (Å²) < 4.78 is 0. The number of hydrogen-bond acceptors (Lipinski definition) is 3. The van der Waals surface area contributed by atoms with E-state index in [1.165, 1.54) is 12.5 Å². The van der Waals surface area contributed by atoms with Gasteiger partial charge in [0.15, 0.2) is 5.78 Å². The molecule has 0 saturated carbocycles. The lowest BCUT2D eigenvalue weighted by atomic mass is 9.99. The van der Waals surface area contributed by atoms with Gasteiger partial charge in [0.2, 0.25) is 0 Å². The molecule has 3 rings (SSSR count). The molecule has 4 heteroatoms. The fraction of sp³-hybridized carbons (Fsp3) is 0.250. The van der Waals surface area contributed by atoms with Gasteiger partial charge in [-0.1, -0.05) is 47.5 Å². The molecule has 0 aliphatic heterocycles. The monoisotopic (exact) mass is 429 g/mol. The molecule has 3 aromatic carbocycles. The molecule has 0 saturated heterocycles. The highest BCUT2D eigenvalue weighted by molar-refractivity contribution is 6.06. The number of aryl methyl sites for hydroxylation is 4. The van der Waals surface area contributed by atoms with E-state index in [0.29, 0.717) is 23.2 Å². The number of amides is 1. The Kier molecular flexibility index (Phi) is 8.65. The second kappa shape index (κ2) is 11.2. The molecule has 0 atom stereocenters. The van der Waals surface area contributed by atoms with E-state index in [9.17, 15) is 14.4 Å². The minimum Gasteiger partial charge on any atom is -0.322 e. The number of Topliss-reactive ketones (excluding diaryl/α,β-unsaturated/α-hetero) is 2. The van der Waals surface area contributed by atoms with Crippen molar-refractivity contribution in [2.45, 2.75) is 48.0 Å². The van der Waals surface area contributed by atoms with Crippen molar-refractivity contribution in [3.05, 3.63) is 99.6 Å². The SMILES string of the molecule is CC(=O)Cc1ccc(C)cc1.CC(=O)c1ccc(NC(=O)c2c(C)cc(C)cc2C)cc1. The Bertz CT molecular complexity index is 1090. The average Bonchev–Trinajstić information content (AvgIpc) is 2.69. The zero-order valence-corrected chi connectivity index (χ0v) is 19.7. The van der Waals surface area contributed by atoms with Gasteiger partial charge in [0.05, 0.1) is 0 Å². The molecule has 0 radical (unpaired) electrons. The van der Waals surface area contributed by atoms with Crippen LogP contribution in [0.2, 0.25) is 0 Å². The molecule has 0 aliphatic rings. The van der Waals surface area contributed by atoms with Crippen LogP contribution in [0.25, 0.3) is 0 Å². The molecule has 0 unspecified atom stereocenters. The lowest BCUT2D eigenvalue weighted by Crippen LogP contribution is -2.15. The topological polar surface area (TPSA) is 63.2 Å². The summed E-state index contributed by atoms with van der Waals surface area (Å²) in [4.78, 5) is 34.3. The third-order valence-electron chi connectivity index (χ3n) is 5.03. The summed E-state index contributed by atoms with van der Waals surface area (Å²) in [6.45, 7) is 11.1. The van der Waals surface area contributed by atoms with E-state index in [1.54, 1.807) is 31.2 Å². The number of carbonyl (C=O) groups excluding carboxylic acids is 3. The van der Waals surface area contributed by atoms with Crippen molar-refractivity contribution < 1.29 is 14.4 Å². The van der Waals surface area contributed by atoms with Crippen molar-refractivity contribution >= 4 is 23.2 Å². The van der Waals surface area contributed by atoms with E-state index < -0.39 is 0 Å². The molecular formula is C28H31NO3. The number of benzene rings is 3. The molecule has 3 aromatic rings. The van der Waals surface area contributed by atoms with Crippen LogP contribution in [0, 0.1) is 27.7 Å². The number of anilines is 1.